The Balaban J connectivity index is 1.48. The van der Waals surface area contributed by atoms with Crippen molar-refractivity contribution < 1.29 is 17.9 Å². The summed E-state index contributed by atoms with van der Waals surface area (Å²) in [7, 11) is -1.87. The van der Waals surface area contributed by atoms with Gasteiger partial charge >= 0.3 is 0 Å². The molecular formula is C23H32N4O4S. The summed E-state index contributed by atoms with van der Waals surface area (Å²) in [5.41, 5.74) is 1.48. The Hall–Kier alpha value is -2.20. The van der Waals surface area contributed by atoms with Gasteiger partial charge in [0.1, 0.15) is 10.6 Å². The van der Waals surface area contributed by atoms with Crippen molar-refractivity contribution in [3.05, 3.63) is 53.9 Å². The second kappa shape index (κ2) is 10.2. The van der Waals surface area contributed by atoms with Crippen LogP contribution in [0, 0.1) is 0 Å². The molecule has 0 bridgehead atoms. The largest absolute Gasteiger partial charge is 0.379 e. The number of hydrogen-bond acceptors (Lipinski definition) is 5. The molecule has 2 aliphatic heterocycles. The highest BCUT2D eigenvalue weighted by Crippen LogP contribution is 2.23. The predicted octanol–water partition coefficient (Wildman–Crippen LogP) is 2.00. The monoisotopic (exact) mass is 460 g/mol. The first-order valence-electron chi connectivity index (χ1n) is 11.3. The lowest BCUT2D eigenvalue weighted by Gasteiger charge is -2.35. The van der Waals surface area contributed by atoms with Crippen LogP contribution in [-0.4, -0.2) is 74.0 Å². The lowest BCUT2D eigenvalue weighted by Crippen LogP contribution is -2.44. The Labute approximate surface area is 190 Å². The number of benzene rings is 1. The first-order chi connectivity index (χ1) is 15.5. The van der Waals surface area contributed by atoms with Crippen molar-refractivity contribution in [1.82, 2.24) is 19.1 Å². The Morgan fingerprint density at radius 2 is 1.75 bits per heavy atom. The van der Waals surface area contributed by atoms with E-state index in [0.29, 0.717) is 38.5 Å². The lowest BCUT2D eigenvalue weighted by molar-refractivity contribution is 0.0162. The highest BCUT2D eigenvalue weighted by molar-refractivity contribution is 7.89. The van der Waals surface area contributed by atoms with Gasteiger partial charge < -0.3 is 14.6 Å². The molecule has 1 aromatic heterocycles. The maximum absolute atomic E-state index is 13.0. The zero-order valence-corrected chi connectivity index (χ0v) is 19.4. The van der Waals surface area contributed by atoms with Gasteiger partial charge in [-0.15, -0.1) is 0 Å². The number of morpholine rings is 1. The highest BCUT2D eigenvalue weighted by atomic mass is 32.2. The molecule has 9 heteroatoms. The van der Waals surface area contributed by atoms with Gasteiger partial charge in [-0.05, 0) is 24.5 Å². The van der Waals surface area contributed by atoms with Crippen molar-refractivity contribution in [2.45, 2.75) is 30.2 Å². The Morgan fingerprint density at radius 1 is 1.06 bits per heavy atom. The smallest absolute Gasteiger partial charge is 0.268 e. The van der Waals surface area contributed by atoms with Crippen LogP contribution in [0.3, 0.4) is 0 Å². The minimum Gasteiger partial charge on any atom is -0.379 e. The number of carbonyl (C=O) groups is 1. The minimum atomic E-state index is -3.58. The third kappa shape index (κ3) is 5.06. The average Bonchev–Trinajstić information content (AvgIpc) is 3.23. The maximum atomic E-state index is 13.0. The van der Waals surface area contributed by atoms with Crippen LogP contribution in [0.4, 0.5) is 0 Å². The van der Waals surface area contributed by atoms with Crippen LogP contribution in [0.5, 0.6) is 0 Å². The molecule has 0 radical (unpaired) electrons. The van der Waals surface area contributed by atoms with Gasteiger partial charge in [0, 0.05) is 46.0 Å². The van der Waals surface area contributed by atoms with Crippen molar-refractivity contribution in [2.24, 2.45) is 7.05 Å². The van der Waals surface area contributed by atoms with Gasteiger partial charge in [0.2, 0.25) is 10.0 Å². The second-order valence-corrected chi connectivity index (χ2v) is 10.4. The molecule has 174 valence electrons. The lowest BCUT2D eigenvalue weighted by atomic mass is 10.0. The highest BCUT2D eigenvalue weighted by Gasteiger charge is 2.29. The van der Waals surface area contributed by atoms with E-state index in [1.807, 2.05) is 18.2 Å². The van der Waals surface area contributed by atoms with Gasteiger partial charge in [0.25, 0.3) is 5.91 Å². The van der Waals surface area contributed by atoms with Crippen LogP contribution < -0.4 is 5.32 Å². The van der Waals surface area contributed by atoms with E-state index in [4.69, 9.17) is 4.74 Å². The van der Waals surface area contributed by atoms with Gasteiger partial charge in [-0.3, -0.25) is 9.69 Å². The molecule has 1 aromatic carbocycles. The van der Waals surface area contributed by atoms with Crippen molar-refractivity contribution in [2.75, 3.05) is 45.9 Å². The molecule has 2 saturated heterocycles. The molecule has 32 heavy (non-hydrogen) atoms. The van der Waals surface area contributed by atoms with E-state index >= 15 is 0 Å². The van der Waals surface area contributed by atoms with E-state index in [2.05, 4.69) is 22.3 Å². The Kier molecular flexibility index (Phi) is 7.30. The van der Waals surface area contributed by atoms with Crippen LogP contribution >= 0.6 is 0 Å². The number of piperidine rings is 1. The molecule has 8 nitrogen and oxygen atoms in total. The Bertz CT molecular complexity index is 1010. The van der Waals surface area contributed by atoms with Gasteiger partial charge in [-0.25, -0.2) is 8.42 Å². The number of hydrogen-bond donors (Lipinski definition) is 1. The summed E-state index contributed by atoms with van der Waals surface area (Å²) in [6.07, 6.45) is 4.35. The molecule has 4 rings (SSSR count). The zero-order chi connectivity index (χ0) is 22.6. The number of amides is 1. The molecule has 1 amide bonds. The third-order valence-corrected chi connectivity index (χ3v) is 8.16. The Morgan fingerprint density at radius 3 is 2.44 bits per heavy atom. The number of sulfonamides is 1. The normalized spacial score (nSPS) is 19.5. The van der Waals surface area contributed by atoms with Crippen LogP contribution in [0.15, 0.2) is 47.5 Å². The second-order valence-electron chi connectivity index (χ2n) is 8.42. The van der Waals surface area contributed by atoms with E-state index in [1.165, 1.54) is 16.6 Å². The summed E-state index contributed by atoms with van der Waals surface area (Å²) in [5, 5.41) is 3.03. The van der Waals surface area contributed by atoms with Crippen LogP contribution in [-0.2, 0) is 21.8 Å². The number of ether oxygens (including phenoxy) is 1. The molecular weight excluding hydrogens is 428 g/mol. The maximum Gasteiger partial charge on any atom is 0.268 e. The summed E-state index contributed by atoms with van der Waals surface area (Å²) in [6.45, 7) is 4.46. The van der Waals surface area contributed by atoms with Crippen LogP contribution in [0.25, 0.3) is 0 Å². The van der Waals surface area contributed by atoms with Crippen LogP contribution in [0.1, 0.15) is 41.4 Å². The van der Waals surface area contributed by atoms with Gasteiger partial charge in [0.15, 0.2) is 0 Å². The van der Waals surface area contributed by atoms with Crippen molar-refractivity contribution in [3.8, 4) is 0 Å². The van der Waals surface area contributed by atoms with E-state index in [1.54, 1.807) is 11.6 Å². The van der Waals surface area contributed by atoms with Crippen LogP contribution in [0.2, 0.25) is 0 Å². The van der Waals surface area contributed by atoms with E-state index in [-0.39, 0.29) is 16.8 Å². The summed E-state index contributed by atoms with van der Waals surface area (Å²) in [5.74, 6) is -0.276. The van der Waals surface area contributed by atoms with Crippen molar-refractivity contribution in [3.63, 3.8) is 0 Å². The predicted molar refractivity (Wildman–Crippen MR) is 122 cm³/mol. The summed E-state index contributed by atoms with van der Waals surface area (Å²) >= 11 is 0. The van der Waals surface area contributed by atoms with Gasteiger partial charge in [0.05, 0.1) is 19.3 Å². The topological polar surface area (TPSA) is 83.9 Å². The van der Waals surface area contributed by atoms with Crippen molar-refractivity contribution >= 4 is 15.9 Å². The van der Waals surface area contributed by atoms with E-state index in [0.717, 1.165) is 37.9 Å². The number of aryl methyl sites for hydroxylation is 1. The average molecular weight is 461 g/mol. The first-order valence-corrected chi connectivity index (χ1v) is 12.7. The molecule has 2 aromatic rings. The molecule has 1 N–H and O–H groups in total. The number of nitrogens with zero attached hydrogens (tertiary/aromatic N) is 3. The molecule has 2 fully saturated rings. The number of aromatic nitrogens is 1. The van der Waals surface area contributed by atoms with E-state index in [9.17, 15) is 13.2 Å². The number of rotatable bonds is 7. The third-order valence-electron chi connectivity index (χ3n) is 6.29. The number of nitrogens with one attached hydrogen (secondary N) is 1. The standard InChI is InChI=1S/C23H32N4O4S/c1-25-18-20(32(29,30)27-10-6-3-7-11-27)16-21(25)23(28)24-17-22(19-8-4-2-5-9-19)26-12-14-31-15-13-26/h2,4-5,8-9,16,18,22H,3,6-7,10-15,17H2,1H3,(H,24,28). The van der Waals surface area contributed by atoms with Gasteiger partial charge in [-0.1, -0.05) is 36.8 Å². The molecule has 1 atom stereocenters. The molecule has 0 aliphatic carbocycles. The fourth-order valence-corrected chi connectivity index (χ4v) is 6.05. The fourth-order valence-electron chi connectivity index (χ4n) is 4.46. The van der Waals surface area contributed by atoms with Gasteiger partial charge in [-0.2, -0.15) is 4.31 Å². The SMILES string of the molecule is Cn1cc(S(=O)(=O)N2CCCCC2)cc1C(=O)NCC(c1ccccc1)N1CCOCC1. The van der Waals surface area contributed by atoms with Crippen molar-refractivity contribution in [1.29, 1.82) is 0 Å². The fraction of sp³-hybridized carbons (Fsp3) is 0.522. The summed E-state index contributed by atoms with van der Waals surface area (Å²) in [4.78, 5) is 15.5. The molecule has 2 aliphatic rings. The molecule has 0 spiro atoms. The quantitative estimate of drug-likeness (QED) is 0.683. The summed E-state index contributed by atoms with van der Waals surface area (Å²) < 4.78 is 34.6. The number of carbonyl (C=O) groups excluding carboxylic acids is 1. The zero-order valence-electron chi connectivity index (χ0n) is 18.6. The van der Waals surface area contributed by atoms with E-state index < -0.39 is 10.0 Å². The summed E-state index contributed by atoms with van der Waals surface area (Å²) in [6, 6.07) is 11.6. The molecule has 0 saturated carbocycles. The first kappa shape index (κ1) is 23.0. The molecule has 1 unspecified atom stereocenters. The molecule has 3 heterocycles. The minimum absolute atomic E-state index is 0.0286.